The second-order valence-corrected chi connectivity index (χ2v) is 5.24. The molecular weight excluding hydrogens is 324 g/mol. The van der Waals surface area contributed by atoms with Crippen molar-refractivity contribution >= 4 is 12.3 Å². The van der Waals surface area contributed by atoms with Gasteiger partial charge in [0, 0.05) is 0 Å². The molecule has 0 aromatic heterocycles. The van der Waals surface area contributed by atoms with Gasteiger partial charge in [-0.3, -0.25) is 4.79 Å². The van der Waals surface area contributed by atoms with Gasteiger partial charge in [-0.15, -0.1) is 0 Å². The van der Waals surface area contributed by atoms with E-state index in [-0.39, 0.29) is 13.2 Å². The minimum absolute atomic E-state index is 0.0870. The van der Waals surface area contributed by atoms with Crippen molar-refractivity contribution in [2.24, 2.45) is 0 Å². The van der Waals surface area contributed by atoms with Gasteiger partial charge in [0.05, 0.1) is 19.8 Å². The number of ether oxygens (including phenoxy) is 4. The Hall–Kier alpha value is -3.02. The van der Waals surface area contributed by atoms with Crippen LogP contribution in [0, 0.1) is 6.92 Å². The third-order valence-corrected chi connectivity index (χ3v) is 3.62. The van der Waals surface area contributed by atoms with E-state index in [2.05, 4.69) is 0 Å². The number of carbonyl (C=O) groups is 2. The predicted molar refractivity (Wildman–Crippen MR) is 91.4 cm³/mol. The van der Waals surface area contributed by atoms with Crippen LogP contribution in [0.5, 0.6) is 17.2 Å². The molecule has 0 saturated carbocycles. The zero-order chi connectivity index (χ0) is 18.2. The topological polar surface area (TPSA) is 71.1 Å². The Morgan fingerprint density at radius 1 is 1.04 bits per heavy atom. The maximum Gasteiger partial charge on any atom is 0.344 e. The van der Waals surface area contributed by atoms with Crippen LogP contribution < -0.4 is 14.2 Å². The number of rotatable bonds is 8. The van der Waals surface area contributed by atoms with Crippen LogP contribution in [0.25, 0.3) is 0 Å². The molecule has 25 heavy (non-hydrogen) atoms. The predicted octanol–water partition coefficient (Wildman–Crippen LogP) is 2.95. The molecule has 2 aromatic carbocycles. The van der Waals surface area contributed by atoms with Crippen LogP contribution in [0.3, 0.4) is 0 Å². The van der Waals surface area contributed by atoms with Gasteiger partial charge in [-0.05, 0) is 42.3 Å². The molecular formula is C19H20O6. The normalized spacial score (nSPS) is 10.0. The van der Waals surface area contributed by atoms with Crippen molar-refractivity contribution in [2.45, 2.75) is 13.5 Å². The summed E-state index contributed by atoms with van der Waals surface area (Å²) in [4.78, 5) is 22.8. The summed E-state index contributed by atoms with van der Waals surface area (Å²) in [5.41, 5.74) is 2.10. The van der Waals surface area contributed by atoms with Crippen LogP contribution in [-0.2, 0) is 16.1 Å². The van der Waals surface area contributed by atoms with Gasteiger partial charge >= 0.3 is 5.97 Å². The molecule has 0 fully saturated rings. The number of hydrogen-bond acceptors (Lipinski definition) is 6. The Morgan fingerprint density at radius 2 is 1.72 bits per heavy atom. The Labute approximate surface area is 146 Å². The van der Waals surface area contributed by atoms with Gasteiger partial charge in [-0.2, -0.15) is 0 Å². The van der Waals surface area contributed by atoms with E-state index in [0.29, 0.717) is 29.1 Å². The summed E-state index contributed by atoms with van der Waals surface area (Å²) in [6.45, 7) is 1.70. The highest BCUT2D eigenvalue weighted by Crippen LogP contribution is 2.30. The summed E-state index contributed by atoms with van der Waals surface area (Å²) in [5.74, 6) is 0.992. The smallest absolute Gasteiger partial charge is 0.344 e. The quantitative estimate of drug-likeness (QED) is 0.542. The number of methoxy groups -OCH3 is 2. The lowest BCUT2D eigenvalue weighted by Crippen LogP contribution is -2.15. The molecule has 0 aliphatic carbocycles. The second kappa shape index (κ2) is 8.73. The summed E-state index contributed by atoms with van der Waals surface area (Å²) >= 11 is 0. The lowest BCUT2D eigenvalue weighted by atomic mass is 10.1. The standard InChI is InChI=1S/C19H20O6/c1-13-8-17(22-2)18(23-3)9-15(13)11-25-19(21)12-24-16-7-5-4-6-14(16)10-20/h4-10H,11-12H2,1-3H3. The van der Waals surface area contributed by atoms with E-state index >= 15 is 0 Å². The van der Waals surface area contributed by atoms with E-state index in [1.165, 1.54) is 0 Å². The molecule has 0 heterocycles. The number of para-hydroxylation sites is 1. The zero-order valence-corrected chi connectivity index (χ0v) is 14.4. The molecule has 132 valence electrons. The summed E-state index contributed by atoms with van der Waals surface area (Å²) in [6.07, 6.45) is 0.674. The van der Waals surface area contributed by atoms with E-state index in [1.807, 2.05) is 13.0 Å². The number of aryl methyl sites for hydroxylation is 1. The maximum absolute atomic E-state index is 11.9. The van der Waals surface area contributed by atoms with Crippen molar-refractivity contribution < 1.29 is 28.5 Å². The first-order valence-corrected chi connectivity index (χ1v) is 7.63. The number of benzene rings is 2. The van der Waals surface area contributed by atoms with Crippen molar-refractivity contribution in [1.29, 1.82) is 0 Å². The van der Waals surface area contributed by atoms with Gasteiger partial charge in [0.25, 0.3) is 0 Å². The lowest BCUT2D eigenvalue weighted by Gasteiger charge is -2.13. The fraction of sp³-hybridized carbons (Fsp3) is 0.263. The molecule has 0 atom stereocenters. The van der Waals surface area contributed by atoms with Crippen molar-refractivity contribution in [3.8, 4) is 17.2 Å². The first kappa shape index (κ1) is 18.3. The number of carbonyl (C=O) groups excluding carboxylic acids is 2. The van der Waals surface area contributed by atoms with E-state index in [0.717, 1.165) is 11.1 Å². The van der Waals surface area contributed by atoms with Gasteiger partial charge < -0.3 is 18.9 Å². The maximum atomic E-state index is 11.9. The summed E-state index contributed by atoms with van der Waals surface area (Å²) in [5, 5.41) is 0. The second-order valence-electron chi connectivity index (χ2n) is 5.24. The molecule has 0 aliphatic heterocycles. The third-order valence-electron chi connectivity index (χ3n) is 3.62. The molecule has 0 N–H and O–H groups in total. The Morgan fingerprint density at radius 3 is 2.40 bits per heavy atom. The van der Waals surface area contributed by atoms with Gasteiger partial charge in [-0.1, -0.05) is 12.1 Å². The number of hydrogen-bond donors (Lipinski definition) is 0. The monoisotopic (exact) mass is 344 g/mol. The highest BCUT2D eigenvalue weighted by molar-refractivity contribution is 5.79. The summed E-state index contributed by atoms with van der Waals surface area (Å²) < 4.78 is 21.0. The summed E-state index contributed by atoms with van der Waals surface area (Å²) in [6, 6.07) is 10.3. The van der Waals surface area contributed by atoms with Crippen molar-refractivity contribution in [2.75, 3.05) is 20.8 Å². The third kappa shape index (κ3) is 4.73. The molecule has 0 radical (unpaired) electrons. The van der Waals surface area contributed by atoms with E-state index in [9.17, 15) is 9.59 Å². The van der Waals surface area contributed by atoms with Crippen LogP contribution in [-0.4, -0.2) is 33.1 Å². The molecule has 0 saturated heterocycles. The average Bonchev–Trinajstić information content (AvgIpc) is 2.65. The Bertz CT molecular complexity index is 754. The van der Waals surface area contributed by atoms with E-state index in [4.69, 9.17) is 18.9 Å². The largest absolute Gasteiger partial charge is 0.493 e. The molecule has 6 heteroatoms. The molecule has 0 amide bonds. The Balaban J connectivity index is 1.95. The molecule has 2 rings (SSSR count). The number of aldehydes is 1. The SMILES string of the molecule is COc1cc(C)c(COC(=O)COc2ccccc2C=O)cc1OC. The Kier molecular flexibility index (Phi) is 6.39. The van der Waals surface area contributed by atoms with Crippen molar-refractivity contribution in [1.82, 2.24) is 0 Å². The first-order chi connectivity index (χ1) is 12.1. The highest BCUT2D eigenvalue weighted by Gasteiger charge is 2.12. The molecule has 0 spiro atoms. The van der Waals surface area contributed by atoms with Gasteiger partial charge in [0.1, 0.15) is 12.4 Å². The van der Waals surface area contributed by atoms with E-state index in [1.54, 1.807) is 44.6 Å². The minimum Gasteiger partial charge on any atom is -0.493 e. The molecule has 6 nitrogen and oxygen atoms in total. The fourth-order valence-electron chi connectivity index (χ4n) is 2.22. The van der Waals surface area contributed by atoms with Crippen LogP contribution >= 0.6 is 0 Å². The molecule has 0 bridgehead atoms. The van der Waals surface area contributed by atoms with Crippen LogP contribution in [0.15, 0.2) is 36.4 Å². The first-order valence-electron chi connectivity index (χ1n) is 7.63. The van der Waals surface area contributed by atoms with Crippen LogP contribution in [0.2, 0.25) is 0 Å². The van der Waals surface area contributed by atoms with Crippen molar-refractivity contribution in [3.63, 3.8) is 0 Å². The molecule has 0 aliphatic rings. The van der Waals surface area contributed by atoms with Crippen molar-refractivity contribution in [3.05, 3.63) is 53.1 Å². The molecule has 0 unspecified atom stereocenters. The minimum atomic E-state index is -0.533. The van der Waals surface area contributed by atoms with Gasteiger partial charge in [0.2, 0.25) is 0 Å². The highest BCUT2D eigenvalue weighted by atomic mass is 16.6. The van der Waals surface area contributed by atoms with Crippen LogP contribution in [0.1, 0.15) is 21.5 Å². The zero-order valence-electron chi connectivity index (χ0n) is 14.4. The number of esters is 1. The average molecular weight is 344 g/mol. The van der Waals surface area contributed by atoms with Crippen LogP contribution in [0.4, 0.5) is 0 Å². The van der Waals surface area contributed by atoms with Gasteiger partial charge in [-0.25, -0.2) is 4.79 Å². The molecule has 2 aromatic rings. The lowest BCUT2D eigenvalue weighted by molar-refractivity contribution is -0.147. The fourth-order valence-corrected chi connectivity index (χ4v) is 2.22. The summed E-state index contributed by atoms with van der Waals surface area (Å²) in [7, 11) is 3.10. The van der Waals surface area contributed by atoms with E-state index < -0.39 is 5.97 Å². The van der Waals surface area contributed by atoms with Gasteiger partial charge in [0.15, 0.2) is 24.4 Å².